The monoisotopic (exact) mass is 240 g/mol. The van der Waals surface area contributed by atoms with Crippen molar-refractivity contribution in [3.05, 3.63) is 11.5 Å². The van der Waals surface area contributed by atoms with Crippen LogP contribution in [-0.4, -0.2) is 28.5 Å². The number of imidazole rings is 1. The first kappa shape index (κ1) is 13.0. The maximum atomic E-state index is 11.4. The van der Waals surface area contributed by atoms with E-state index in [2.05, 4.69) is 9.72 Å². The summed E-state index contributed by atoms with van der Waals surface area (Å²) in [5, 5.41) is 0. The number of nitrogens with two attached hydrogens (primary N) is 2. The number of primary amides is 1. The number of rotatable bonds is 4. The number of nitrogens with zero attached hydrogens (tertiary/aromatic N) is 2. The molecule has 0 aliphatic rings. The normalized spacial score (nSPS) is 12.2. The van der Waals surface area contributed by atoms with Gasteiger partial charge in [0.15, 0.2) is 5.69 Å². The molecule has 17 heavy (non-hydrogen) atoms. The van der Waals surface area contributed by atoms with Crippen LogP contribution in [0, 0.1) is 0 Å². The minimum Gasteiger partial charge on any atom is -0.464 e. The number of aryl methyl sites for hydroxylation is 1. The fourth-order valence-electron chi connectivity index (χ4n) is 1.55. The fourth-order valence-corrected chi connectivity index (χ4v) is 1.55. The van der Waals surface area contributed by atoms with E-state index in [9.17, 15) is 9.59 Å². The first-order valence-corrected chi connectivity index (χ1v) is 5.18. The lowest BCUT2D eigenvalue weighted by Crippen LogP contribution is -2.26. The molecule has 0 fully saturated rings. The van der Waals surface area contributed by atoms with Gasteiger partial charge in [-0.15, -0.1) is 0 Å². The van der Waals surface area contributed by atoms with E-state index in [0.717, 1.165) is 0 Å². The highest BCUT2D eigenvalue weighted by molar-refractivity contribution is 5.92. The number of methoxy groups -OCH3 is 1. The zero-order valence-electron chi connectivity index (χ0n) is 10.1. The van der Waals surface area contributed by atoms with Crippen LogP contribution < -0.4 is 11.5 Å². The van der Waals surface area contributed by atoms with Crippen molar-refractivity contribution in [1.29, 1.82) is 0 Å². The van der Waals surface area contributed by atoms with E-state index in [0.29, 0.717) is 12.2 Å². The zero-order chi connectivity index (χ0) is 13.2. The molecular weight excluding hydrogens is 224 g/mol. The molecule has 0 aromatic carbocycles. The summed E-state index contributed by atoms with van der Waals surface area (Å²) in [5.41, 5.74) is 11.0. The van der Waals surface area contributed by atoms with Gasteiger partial charge in [0, 0.05) is 6.42 Å². The third kappa shape index (κ3) is 2.22. The van der Waals surface area contributed by atoms with Crippen LogP contribution >= 0.6 is 0 Å². The highest BCUT2D eigenvalue weighted by atomic mass is 16.5. The number of amides is 1. The molecule has 1 unspecified atom stereocenters. The van der Waals surface area contributed by atoms with Gasteiger partial charge < -0.3 is 20.8 Å². The SMILES string of the molecule is CCc1nc(C(=O)OC)c(N)n1C(C)C(N)=O. The highest BCUT2D eigenvalue weighted by Crippen LogP contribution is 2.21. The van der Waals surface area contributed by atoms with E-state index < -0.39 is 17.9 Å². The van der Waals surface area contributed by atoms with Gasteiger partial charge in [0.05, 0.1) is 7.11 Å². The molecule has 0 radical (unpaired) electrons. The molecule has 7 heteroatoms. The molecular formula is C10H16N4O3. The van der Waals surface area contributed by atoms with Crippen LogP contribution in [0.1, 0.15) is 36.2 Å². The third-order valence-electron chi connectivity index (χ3n) is 2.52. The van der Waals surface area contributed by atoms with Gasteiger partial charge in [0.2, 0.25) is 5.91 Å². The van der Waals surface area contributed by atoms with Crippen molar-refractivity contribution in [2.75, 3.05) is 12.8 Å². The lowest BCUT2D eigenvalue weighted by molar-refractivity contribution is -0.120. The quantitative estimate of drug-likeness (QED) is 0.711. The summed E-state index contributed by atoms with van der Waals surface area (Å²) in [4.78, 5) is 26.6. The second-order valence-corrected chi connectivity index (χ2v) is 3.56. The lowest BCUT2D eigenvalue weighted by atomic mass is 10.3. The van der Waals surface area contributed by atoms with Crippen molar-refractivity contribution >= 4 is 17.7 Å². The molecule has 0 bridgehead atoms. The zero-order valence-corrected chi connectivity index (χ0v) is 10.1. The van der Waals surface area contributed by atoms with Crippen molar-refractivity contribution in [3.8, 4) is 0 Å². The molecule has 0 aliphatic carbocycles. The molecule has 0 saturated carbocycles. The predicted molar refractivity (Wildman–Crippen MR) is 61.3 cm³/mol. The van der Waals surface area contributed by atoms with Crippen molar-refractivity contribution in [3.63, 3.8) is 0 Å². The molecule has 1 amide bonds. The van der Waals surface area contributed by atoms with Gasteiger partial charge in [-0.1, -0.05) is 6.92 Å². The number of nitrogen functional groups attached to an aromatic ring is 1. The molecule has 0 spiro atoms. The van der Waals surface area contributed by atoms with Gasteiger partial charge in [0.25, 0.3) is 0 Å². The van der Waals surface area contributed by atoms with Gasteiger partial charge in [-0.3, -0.25) is 4.79 Å². The average molecular weight is 240 g/mol. The number of hydrogen-bond donors (Lipinski definition) is 2. The summed E-state index contributed by atoms with van der Waals surface area (Å²) in [6, 6.07) is -0.657. The summed E-state index contributed by atoms with van der Waals surface area (Å²) in [6.07, 6.45) is 0.527. The molecule has 1 aromatic rings. The standard InChI is InChI=1S/C10H16N4O3/c1-4-6-13-7(10(16)17-3)8(11)14(6)5(2)9(12)15/h5H,4,11H2,1-3H3,(H2,12,15). The summed E-state index contributed by atoms with van der Waals surface area (Å²) in [6.45, 7) is 3.44. The van der Waals surface area contributed by atoms with Crippen molar-refractivity contribution in [2.24, 2.45) is 5.73 Å². The van der Waals surface area contributed by atoms with Crippen LogP contribution in [0.5, 0.6) is 0 Å². The van der Waals surface area contributed by atoms with Crippen LogP contribution in [-0.2, 0) is 16.0 Å². The Morgan fingerprint density at radius 2 is 2.12 bits per heavy atom. The molecule has 94 valence electrons. The second kappa shape index (κ2) is 4.86. The number of carbonyl (C=O) groups excluding carboxylic acids is 2. The molecule has 1 heterocycles. The molecule has 7 nitrogen and oxygen atoms in total. The Balaban J connectivity index is 3.34. The van der Waals surface area contributed by atoms with Crippen LogP contribution in [0.3, 0.4) is 0 Å². The van der Waals surface area contributed by atoms with Crippen LogP contribution in [0.15, 0.2) is 0 Å². The molecule has 1 aromatic heterocycles. The lowest BCUT2D eigenvalue weighted by Gasteiger charge is -2.13. The third-order valence-corrected chi connectivity index (χ3v) is 2.52. The first-order valence-electron chi connectivity index (χ1n) is 5.18. The van der Waals surface area contributed by atoms with Gasteiger partial charge >= 0.3 is 5.97 Å². The largest absolute Gasteiger partial charge is 0.464 e. The summed E-state index contributed by atoms with van der Waals surface area (Å²) in [7, 11) is 1.24. The van der Waals surface area contributed by atoms with Gasteiger partial charge in [-0.05, 0) is 6.92 Å². The minimum absolute atomic E-state index is 0.0115. The highest BCUT2D eigenvalue weighted by Gasteiger charge is 2.25. The minimum atomic E-state index is -0.657. The average Bonchev–Trinajstić information content (AvgIpc) is 2.64. The topological polar surface area (TPSA) is 113 Å². The Hall–Kier alpha value is -2.05. The van der Waals surface area contributed by atoms with E-state index in [1.165, 1.54) is 11.7 Å². The van der Waals surface area contributed by atoms with Crippen LogP contribution in [0.2, 0.25) is 0 Å². The van der Waals surface area contributed by atoms with E-state index in [1.807, 2.05) is 6.92 Å². The Kier molecular flexibility index (Phi) is 3.72. The molecule has 1 atom stereocenters. The molecule has 4 N–H and O–H groups in total. The van der Waals surface area contributed by atoms with E-state index in [-0.39, 0.29) is 11.5 Å². The number of ether oxygens (including phenoxy) is 1. The number of aromatic nitrogens is 2. The van der Waals surface area contributed by atoms with E-state index >= 15 is 0 Å². The van der Waals surface area contributed by atoms with Gasteiger partial charge in [-0.25, -0.2) is 9.78 Å². The Bertz CT molecular complexity index is 453. The maximum Gasteiger partial charge on any atom is 0.360 e. The van der Waals surface area contributed by atoms with Crippen molar-refractivity contribution in [2.45, 2.75) is 26.3 Å². The summed E-state index contributed by atoms with van der Waals surface area (Å²) < 4.78 is 6.01. The second-order valence-electron chi connectivity index (χ2n) is 3.56. The fraction of sp³-hybridized carbons (Fsp3) is 0.500. The van der Waals surface area contributed by atoms with E-state index in [4.69, 9.17) is 11.5 Å². The first-order chi connectivity index (χ1) is 7.93. The number of anilines is 1. The number of hydrogen-bond acceptors (Lipinski definition) is 5. The van der Waals surface area contributed by atoms with Gasteiger partial charge in [-0.2, -0.15) is 0 Å². The number of esters is 1. The predicted octanol–water partition coefficient (Wildman–Crippen LogP) is -0.139. The molecule has 0 saturated heterocycles. The molecule has 1 rings (SSSR count). The Morgan fingerprint density at radius 1 is 1.53 bits per heavy atom. The molecule has 0 aliphatic heterocycles. The van der Waals surface area contributed by atoms with Crippen LogP contribution in [0.4, 0.5) is 5.82 Å². The number of carbonyl (C=O) groups is 2. The van der Waals surface area contributed by atoms with Crippen LogP contribution in [0.25, 0.3) is 0 Å². The van der Waals surface area contributed by atoms with Crippen molar-refractivity contribution in [1.82, 2.24) is 9.55 Å². The Labute approximate surface area is 98.7 Å². The summed E-state index contributed by atoms with van der Waals surface area (Å²) >= 11 is 0. The van der Waals surface area contributed by atoms with Gasteiger partial charge in [0.1, 0.15) is 17.7 Å². The maximum absolute atomic E-state index is 11.4. The smallest absolute Gasteiger partial charge is 0.360 e. The van der Waals surface area contributed by atoms with Crippen molar-refractivity contribution < 1.29 is 14.3 Å². The summed E-state index contributed by atoms with van der Waals surface area (Å²) in [5.74, 6) is -0.554. The Morgan fingerprint density at radius 3 is 2.53 bits per heavy atom. The van der Waals surface area contributed by atoms with E-state index in [1.54, 1.807) is 6.92 Å².